The Kier molecular flexibility index (Phi) is 6.98. The molecule has 3 aromatic rings. The van der Waals surface area contributed by atoms with Gasteiger partial charge in [-0.15, -0.1) is 0 Å². The first kappa shape index (κ1) is 22.5. The van der Waals surface area contributed by atoms with E-state index in [0.29, 0.717) is 16.8 Å². The number of amides is 2. The number of hydrogen-bond acceptors (Lipinski definition) is 3. The van der Waals surface area contributed by atoms with Gasteiger partial charge in [0.1, 0.15) is 11.6 Å². The van der Waals surface area contributed by atoms with E-state index in [1.54, 1.807) is 36.4 Å². The molecule has 0 spiro atoms. The van der Waals surface area contributed by atoms with E-state index >= 15 is 0 Å². The Labute approximate surface area is 191 Å². The molecular formula is C26H25F2N3O2. The summed E-state index contributed by atoms with van der Waals surface area (Å²) in [6, 6.07) is 17.1. The number of anilines is 2. The van der Waals surface area contributed by atoms with Crippen molar-refractivity contribution >= 4 is 23.2 Å². The van der Waals surface area contributed by atoms with Gasteiger partial charge in [0.25, 0.3) is 5.91 Å². The second-order valence-electron chi connectivity index (χ2n) is 8.09. The smallest absolute Gasteiger partial charge is 0.253 e. The Morgan fingerprint density at radius 2 is 1.42 bits per heavy atom. The number of hydrogen-bond donors (Lipinski definition) is 2. The third kappa shape index (κ3) is 5.94. The summed E-state index contributed by atoms with van der Waals surface area (Å²) in [5.74, 6) is -1.21. The molecule has 33 heavy (non-hydrogen) atoms. The molecule has 0 unspecified atom stereocenters. The Hall–Kier alpha value is -3.74. The first-order valence-corrected chi connectivity index (χ1v) is 10.9. The lowest BCUT2D eigenvalue weighted by Gasteiger charge is -2.22. The second-order valence-corrected chi connectivity index (χ2v) is 8.09. The van der Waals surface area contributed by atoms with Gasteiger partial charge in [-0.3, -0.25) is 9.59 Å². The molecule has 1 heterocycles. The van der Waals surface area contributed by atoms with Gasteiger partial charge in [0.05, 0.1) is 12.0 Å². The standard InChI is InChI=1S/C26H25F2N3O2/c27-20-7-3-18(4-8-20)15-25(32)30-22-11-12-24(31-13-1-2-14-31)23(16-22)26(33)29-17-19-5-9-21(28)10-6-19/h3-12,16H,1-2,13-15,17H2,(H,29,33)(H,30,32). The van der Waals surface area contributed by atoms with Gasteiger partial charge >= 0.3 is 0 Å². The molecular weight excluding hydrogens is 424 g/mol. The van der Waals surface area contributed by atoms with Crippen LogP contribution in [0.2, 0.25) is 0 Å². The minimum absolute atomic E-state index is 0.0975. The van der Waals surface area contributed by atoms with Gasteiger partial charge < -0.3 is 15.5 Å². The molecule has 0 atom stereocenters. The van der Waals surface area contributed by atoms with Gasteiger partial charge in [-0.25, -0.2) is 8.78 Å². The highest BCUT2D eigenvalue weighted by molar-refractivity contribution is 6.02. The van der Waals surface area contributed by atoms with Gasteiger partial charge in [-0.2, -0.15) is 0 Å². The summed E-state index contributed by atoms with van der Waals surface area (Å²) < 4.78 is 26.2. The largest absolute Gasteiger partial charge is 0.371 e. The first-order chi connectivity index (χ1) is 16.0. The minimum atomic E-state index is -0.354. The molecule has 170 valence electrons. The quantitative estimate of drug-likeness (QED) is 0.551. The Balaban J connectivity index is 1.49. The van der Waals surface area contributed by atoms with Crippen molar-refractivity contribution in [3.05, 3.63) is 95.1 Å². The molecule has 7 heteroatoms. The normalized spacial score (nSPS) is 13.1. The van der Waals surface area contributed by atoms with Crippen LogP contribution in [0.15, 0.2) is 66.7 Å². The molecule has 0 aromatic heterocycles. The topological polar surface area (TPSA) is 61.4 Å². The molecule has 2 N–H and O–H groups in total. The lowest BCUT2D eigenvalue weighted by Crippen LogP contribution is -2.27. The average molecular weight is 450 g/mol. The zero-order valence-corrected chi connectivity index (χ0v) is 18.1. The molecule has 1 saturated heterocycles. The SMILES string of the molecule is O=C(Cc1ccc(F)cc1)Nc1ccc(N2CCCC2)c(C(=O)NCc2ccc(F)cc2)c1. The van der Waals surface area contributed by atoms with Crippen LogP contribution in [0.3, 0.4) is 0 Å². The number of rotatable bonds is 7. The van der Waals surface area contributed by atoms with Crippen LogP contribution in [0.4, 0.5) is 20.2 Å². The summed E-state index contributed by atoms with van der Waals surface area (Å²) in [4.78, 5) is 27.7. The highest BCUT2D eigenvalue weighted by atomic mass is 19.1. The molecule has 3 aromatic carbocycles. The molecule has 0 aliphatic carbocycles. The van der Waals surface area contributed by atoms with Crippen LogP contribution >= 0.6 is 0 Å². The fourth-order valence-electron chi connectivity index (χ4n) is 3.90. The number of carbonyl (C=O) groups is 2. The zero-order chi connectivity index (χ0) is 23.2. The van der Waals surface area contributed by atoms with Crippen molar-refractivity contribution in [2.24, 2.45) is 0 Å². The maximum absolute atomic E-state index is 13.1. The average Bonchev–Trinajstić information content (AvgIpc) is 3.35. The lowest BCUT2D eigenvalue weighted by atomic mass is 10.1. The number of halogens is 2. The van der Waals surface area contributed by atoms with Crippen molar-refractivity contribution in [2.75, 3.05) is 23.3 Å². The van der Waals surface area contributed by atoms with Crippen molar-refractivity contribution in [2.45, 2.75) is 25.8 Å². The van der Waals surface area contributed by atoms with Crippen LogP contribution in [0.5, 0.6) is 0 Å². The minimum Gasteiger partial charge on any atom is -0.371 e. The number of benzene rings is 3. The van der Waals surface area contributed by atoms with E-state index < -0.39 is 0 Å². The maximum atomic E-state index is 13.1. The van der Waals surface area contributed by atoms with E-state index in [9.17, 15) is 18.4 Å². The predicted octanol–water partition coefficient (Wildman–Crippen LogP) is 4.68. The number of nitrogens with zero attached hydrogens (tertiary/aromatic N) is 1. The highest BCUT2D eigenvalue weighted by Gasteiger charge is 2.20. The number of carbonyl (C=O) groups excluding carboxylic acids is 2. The maximum Gasteiger partial charge on any atom is 0.253 e. The molecule has 0 bridgehead atoms. The van der Waals surface area contributed by atoms with Crippen LogP contribution in [-0.2, 0) is 17.8 Å². The summed E-state index contributed by atoms with van der Waals surface area (Å²) >= 11 is 0. The van der Waals surface area contributed by atoms with Gasteiger partial charge in [-0.05, 0) is 66.4 Å². The van der Waals surface area contributed by atoms with Crippen molar-refractivity contribution in [1.29, 1.82) is 0 Å². The second kappa shape index (κ2) is 10.3. The van der Waals surface area contributed by atoms with E-state index in [1.807, 2.05) is 6.07 Å². The fraction of sp³-hybridized carbons (Fsp3) is 0.231. The Morgan fingerprint density at radius 3 is 2.06 bits per heavy atom. The lowest BCUT2D eigenvalue weighted by molar-refractivity contribution is -0.115. The molecule has 2 amide bonds. The van der Waals surface area contributed by atoms with E-state index in [2.05, 4.69) is 15.5 Å². The van der Waals surface area contributed by atoms with Gasteiger partial charge in [-0.1, -0.05) is 24.3 Å². The Morgan fingerprint density at radius 1 is 0.818 bits per heavy atom. The van der Waals surface area contributed by atoms with E-state index in [4.69, 9.17) is 0 Å². The molecule has 5 nitrogen and oxygen atoms in total. The van der Waals surface area contributed by atoms with Crippen LogP contribution in [-0.4, -0.2) is 24.9 Å². The summed E-state index contributed by atoms with van der Waals surface area (Å²) in [7, 11) is 0. The summed E-state index contributed by atoms with van der Waals surface area (Å²) in [6.45, 7) is 2.00. The van der Waals surface area contributed by atoms with Crippen molar-refractivity contribution in [1.82, 2.24) is 5.32 Å². The van der Waals surface area contributed by atoms with E-state index in [0.717, 1.165) is 37.2 Å². The van der Waals surface area contributed by atoms with Crippen LogP contribution in [0.1, 0.15) is 34.3 Å². The van der Waals surface area contributed by atoms with Crippen LogP contribution in [0, 0.1) is 11.6 Å². The third-order valence-corrected chi connectivity index (χ3v) is 5.62. The Bertz CT molecular complexity index is 1130. The van der Waals surface area contributed by atoms with E-state index in [1.165, 1.54) is 24.3 Å². The van der Waals surface area contributed by atoms with Crippen molar-refractivity contribution in [3.8, 4) is 0 Å². The molecule has 1 fully saturated rings. The highest BCUT2D eigenvalue weighted by Crippen LogP contribution is 2.28. The molecule has 1 aliphatic rings. The molecule has 0 radical (unpaired) electrons. The van der Waals surface area contributed by atoms with Crippen molar-refractivity contribution in [3.63, 3.8) is 0 Å². The summed E-state index contributed by atoms with van der Waals surface area (Å²) in [5, 5.41) is 5.71. The van der Waals surface area contributed by atoms with Crippen LogP contribution < -0.4 is 15.5 Å². The molecule has 0 saturated carbocycles. The third-order valence-electron chi connectivity index (χ3n) is 5.62. The van der Waals surface area contributed by atoms with Gasteiger partial charge in [0.2, 0.25) is 5.91 Å². The monoisotopic (exact) mass is 449 g/mol. The van der Waals surface area contributed by atoms with E-state index in [-0.39, 0.29) is 36.4 Å². The van der Waals surface area contributed by atoms with Gasteiger partial charge in [0, 0.05) is 31.0 Å². The zero-order valence-electron chi connectivity index (χ0n) is 18.1. The van der Waals surface area contributed by atoms with Crippen molar-refractivity contribution < 1.29 is 18.4 Å². The fourth-order valence-corrected chi connectivity index (χ4v) is 3.90. The summed E-state index contributed by atoms with van der Waals surface area (Å²) in [5.41, 5.74) is 3.28. The first-order valence-electron chi connectivity index (χ1n) is 10.9. The van der Waals surface area contributed by atoms with Crippen LogP contribution in [0.25, 0.3) is 0 Å². The predicted molar refractivity (Wildman–Crippen MR) is 124 cm³/mol. The molecule has 1 aliphatic heterocycles. The molecule has 4 rings (SSSR count). The van der Waals surface area contributed by atoms with Gasteiger partial charge in [0.15, 0.2) is 0 Å². The number of nitrogens with one attached hydrogen (secondary N) is 2. The summed E-state index contributed by atoms with van der Waals surface area (Å²) in [6.07, 6.45) is 2.22.